The van der Waals surface area contributed by atoms with E-state index in [9.17, 15) is 9.59 Å². The van der Waals surface area contributed by atoms with Gasteiger partial charge in [-0.15, -0.1) is 0 Å². The van der Waals surface area contributed by atoms with Crippen LogP contribution in [0.25, 0.3) is 0 Å². The number of aromatic nitrogens is 1. The van der Waals surface area contributed by atoms with Gasteiger partial charge >= 0.3 is 0 Å². The van der Waals surface area contributed by atoms with Crippen molar-refractivity contribution in [1.29, 1.82) is 0 Å². The SMILES string of the molecule is O=C(Nc1cccc(C#Cc2ccccn2)c1)[C@H]1CC(=O)N(Cc2ccco2)C1. The molecule has 1 aliphatic rings. The number of carbonyl (C=O) groups excluding carboxylic acids is 2. The highest BCUT2D eigenvalue weighted by Crippen LogP contribution is 2.22. The monoisotopic (exact) mass is 385 g/mol. The Bertz CT molecular complexity index is 1070. The largest absolute Gasteiger partial charge is 0.467 e. The van der Waals surface area contributed by atoms with E-state index in [1.54, 1.807) is 29.5 Å². The molecule has 6 nitrogen and oxygen atoms in total. The molecule has 6 heteroatoms. The van der Waals surface area contributed by atoms with Crippen LogP contribution in [0.3, 0.4) is 0 Å². The predicted molar refractivity (Wildman–Crippen MR) is 108 cm³/mol. The van der Waals surface area contributed by atoms with Crippen LogP contribution < -0.4 is 5.32 Å². The minimum atomic E-state index is -0.388. The second-order valence-corrected chi connectivity index (χ2v) is 6.79. The first kappa shape index (κ1) is 18.5. The van der Waals surface area contributed by atoms with Crippen LogP contribution in [-0.2, 0) is 16.1 Å². The lowest BCUT2D eigenvalue weighted by atomic mass is 10.1. The van der Waals surface area contributed by atoms with E-state index in [0.717, 1.165) is 5.56 Å². The van der Waals surface area contributed by atoms with E-state index in [1.165, 1.54) is 0 Å². The Labute approximate surface area is 168 Å². The highest BCUT2D eigenvalue weighted by atomic mass is 16.3. The zero-order valence-electron chi connectivity index (χ0n) is 15.7. The number of hydrogen-bond acceptors (Lipinski definition) is 4. The number of hydrogen-bond donors (Lipinski definition) is 1. The van der Waals surface area contributed by atoms with E-state index in [4.69, 9.17) is 4.42 Å². The van der Waals surface area contributed by atoms with Crippen LogP contribution in [-0.4, -0.2) is 28.2 Å². The Kier molecular flexibility index (Phi) is 5.39. The van der Waals surface area contributed by atoms with Crippen LogP contribution in [0.2, 0.25) is 0 Å². The van der Waals surface area contributed by atoms with Crippen molar-refractivity contribution >= 4 is 17.5 Å². The number of likely N-dealkylation sites (tertiary alicyclic amines) is 1. The molecule has 0 unspecified atom stereocenters. The standard InChI is InChI=1S/C23H19N3O3/c27-22-14-18(15-26(22)16-21-8-4-12-29-21)23(28)25-20-7-3-5-17(13-20)9-10-19-6-1-2-11-24-19/h1-8,11-13,18H,14-16H2,(H,25,28)/t18-/m0/s1. The first-order valence-corrected chi connectivity index (χ1v) is 9.31. The molecule has 4 rings (SSSR count). The minimum Gasteiger partial charge on any atom is -0.467 e. The van der Waals surface area contributed by atoms with Crippen molar-refractivity contribution in [2.24, 2.45) is 5.92 Å². The normalized spacial score (nSPS) is 15.7. The molecule has 1 saturated heterocycles. The molecule has 3 aromatic rings. The molecule has 144 valence electrons. The lowest BCUT2D eigenvalue weighted by molar-refractivity contribution is -0.128. The fourth-order valence-corrected chi connectivity index (χ4v) is 3.18. The second kappa shape index (κ2) is 8.44. The van der Waals surface area contributed by atoms with Gasteiger partial charge in [-0.25, -0.2) is 4.98 Å². The first-order chi connectivity index (χ1) is 14.2. The maximum absolute atomic E-state index is 12.6. The summed E-state index contributed by atoms with van der Waals surface area (Å²) in [7, 11) is 0. The van der Waals surface area contributed by atoms with Gasteiger partial charge in [0, 0.05) is 30.4 Å². The molecule has 0 radical (unpaired) electrons. The topological polar surface area (TPSA) is 75.4 Å². The Hall–Kier alpha value is -3.85. The average Bonchev–Trinajstić information content (AvgIpc) is 3.38. The molecule has 1 N–H and O–H groups in total. The summed E-state index contributed by atoms with van der Waals surface area (Å²) in [5.41, 5.74) is 2.11. The van der Waals surface area contributed by atoms with Gasteiger partial charge < -0.3 is 14.6 Å². The number of anilines is 1. The smallest absolute Gasteiger partial charge is 0.229 e. The quantitative estimate of drug-likeness (QED) is 0.701. The maximum atomic E-state index is 12.6. The maximum Gasteiger partial charge on any atom is 0.229 e. The van der Waals surface area contributed by atoms with Crippen molar-refractivity contribution in [2.75, 3.05) is 11.9 Å². The fraction of sp³-hybridized carbons (Fsp3) is 0.174. The van der Waals surface area contributed by atoms with Crippen LogP contribution in [0.5, 0.6) is 0 Å². The van der Waals surface area contributed by atoms with Crippen LogP contribution in [0.4, 0.5) is 5.69 Å². The molecule has 29 heavy (non-hydrogen) atoms. The van der Waals surface area contributed by atoms with Crippen LogP contribution in [0, 0.1) is 17.8 Å². The van der Waals surface area contributed by atoms with Gasteiger partial charge in [0.05, 0.1) is 18.7 Å². The molecule has 1 atom stereocenters. The number of carbonyl (C=O) groups is 2. The van der Waals surface area contributed by atoms with Crippen molar-refractivity contribution in [3.8, 4) is 11.8 Å². The first-order valence-electron chi connectivity index (χ1n) is 9.31. The summed E-state index contributed by atoms with van der Waals surface area (Å²) in [5.74, 6) is 6.14. The van der Waals surface area contributed by atoms with Gasteiger partial charge in [0.15, 0.2) is 0 Å². The molecular formula is C23H19N3O3. The third-order valence-corrected chi connectivity index (χ3v) is 4.64. The summed E-state index contributed by atoms with van der Waals surface area (Å²) < 4.78 is 5.29. The molecule has 3 heterocycles. The van der Waals surface area contributed by atoms with Gasteiger partial charge in [0.25, 0.3) is 0 Å². The highest BCUT2D eigenvalue weighted by Gasteiger charge is 2.34. The van der Waals surface area contributed by atoms with Crippen molar-refractivity contribution in [2.45, 2.75) is 13.0 Å². The van der Waals surface area contributed by atoms with Crippen LogP contribution >= 0.6 is 0 Å². The summed E-state index contributed by atoms with van der Waals surface area (Å²) >= 11 is 0. The van der Waals surface area contributed by atoms with Crippen molar-refractivity contribution in [1.82, 2.24) is 9.88 Å². The molecular weight excluding hydrogens is 366 g/mol. The molecule has 1 aliphatic heterocycles. The van der Waals surface area contributed by atoms with E-state index in [2.05, 4.69) is 22.1 Å². The van der Waals surface area contributed by atoms with Crippen molar-refractivity contribution < 1.29 is 14.0 Å². The lowest BCUT2D eigenvalue weighted by Gasteiger charge is -2.15. The number of benzene rings is 1. The van der Waals surface area contributed by atoms with Gasteiger partial charge in [-0.2, -0.15) is 0 Å². The third-order valence-electron chi connectivity index (χ3n) is 4.64. The van der Waals surface area contributed by atoms with E-state index in [0.29, 0.717) is 30.2 Å². The van der Waals surface area contributed by atoms with Gasteiger partial charge in [0.1, 0.15) is 11.5 Å². The van der Waals surface area contributed by atoms with E-state index in [1.807, 2.05) is 42.5 Å². The third kappa shape index (κ3) is 4.71. The summed E-state index contributed by atoms with van der Waals surface area (Å²) in [6.45, 7) is 0.763. The zero-order chi connectivity index (χ0) is 20.1. The van der Waals surface area contributed by atoms with Gasteiger partial charge in [-0.3, -0.25) is 9.59 Å². The van der Waals surface area contributed by atoms with E-state index >= 15 is 0 Å². The Morgan fingerprint density at radius 1 is 1.17 bits per heavy atom. The fourth-order valence-electron chi connectivity index (χ4n) is 3.18. The molecule has 1 aromatic carbocycles. The van der Waals surface area contributed by atoms with Crippen LogP contribution in [0.1, 0.15) is 23.4 Å². The summed E-state index contributed by atoms with van der Waals surface area (Å²) in [5, 5.41) is 2.90. The van der Waals surface area contributed by atoms with E-state index in [-0.39, 0.29) is 24.2 Å². The average molecular weight is 385 g/mol. The molecule has 0 saturated carbocycles. The zero-order valence-corrected chi connectivity index (χ0v) is 15.7. The number of furan rings is 1. The number of pyridine rings is 1. The number of nitrogens with zero attached hydrogens (tertiary/aromatic N) is 2. The molecule has 1 fully saturated rings. The number of nitrogens with one attached hydrogen (secondary N) is 1. The lowest BCUT2D eigenvalue weighted by Crippen LogP contribution is -2.27. The molecule has 2 aromatic heterocycles. The number of amides is 2. The van der Waals surface area contributed by atoms with E-state index < -0.39 is 0 Å². The molecule has 0 bridgehead atoms. The second-order valence-electron chi connectivity index (χ2n) is 6.79. The van der Waals surface area contributed by atoms with Gasteiger partial charge in [0.2, 0.25) is 11.8 Å². The minimum absolute atomic E-state index is 0.0449. The predicted octanol–water partition coefficient (Wildman–Crippen LogP) is 3.06. The number of rotatable bonds is 4. The summed E-state index contributed by atoms with van der Waals surface area (Å²) in [4.78, 5) is 30.7. The summed E-state index contributed by atoms with van der Waals surface area (Å²) in [6.07, 6.45) is 3.47. The highest BCUT2D eigenvalue weighted by molar-refractivity contribution is 5.97. The Morgan fingerprint density at radius 2 is 2.10 bits per heavy atom. The van der Waals surface area contributed by atoms with Crippen LogP contribution in [0.15, 0.2) is 71.5 Å². The molecule has 0 aliphatic carbocycles. The van der Waals surface area contributed by atoms with Crippen molar-refractivity contribution in [3.63, 3.8) is 0 Å². The van der Waals surface area contributed by atoms with Gasteiger partial charge in [-0.05, 0) is 48.4 Å². The van der Waals surface area contributed by atoms with Gasteiger partial charge in [-0.1, -0.05) is 18.1 Å². The Morgan fingerprint density at radius 3 is 2.90 bits per heavy atom. The molecule has 2 amide bonds. The van der Waals surface area contributed by atoms with Crippen molar-refractivity contribution in [3.05, 3.63) is 84.1 Å². The molecule has 0 spiro atoms. The Balaban J connectivity index is 1.39. The summed E-state index contributed by atoms with van der Waals surface area (Å²) in [6, 6.07) is 16.5.